The molecule has 1 heterocycles. The molecular formula is C104H131Cl5F12N2O. The van der Waals surface area contributed by atoms with Crippen molar-refractivity contribution in [3.8, 4) is 0 Å². The van der Waals surface area contributed by atoms with Crippen molar-refractivity contribution in [3.63, 3.8) is 0 Å². The van der Waals surface area contributed by atoms with Crippen LogP contribution in [-0.2, 0) is 66.5 Å². The average Bonchev–Trinajstić information content (AvgIpc) is 0.800. The normalized spacial score (nSPS) is 12.0. The molecule has 0 fully saturated rings. The van der Waals surface area contributed by atoms with E-state index in [9.17, 15) is 57.5 Å². The second-order valence-electron chi connectivity index (χ2n) is 40.4. The number of amides is 1. The van der Waals surface area contributed by atoms with Crippen molar-refractivity contribution in [1.29, 1.82) is 0 Å². The Morgan fingerprint density at radius 1 is 0.274 bits per heavy atom. The van der Waals surface area contributed by atoms with Crippen molar-refractivity contribution in [2.45, 2.75) is 288 Å². The number of carbonyl (C=O) groups is 1. The van der Waals surface area contributed by atoms with Crippen LogP contribution in [0.25, 0.3) is 0 Å². The van der Waals surface area contributed by atoms with Crippen LogP contribution in [0, 0.1) is 48.8 Å². The first kappa shape index (κ1) is 114. The maximum atomic E-state index is 13.1. The lowest BCUT2D eigenvalue weighted by Crippen LogP contribution is -2.20. The smallest absolute Gasteiger partial charge is 0.366 e. The van der Waals surface area contributed by atoms with Crippen LogP contribution in [0.4, 0.5) is 52.7 Å². The molecule has 0 aliphatic rings. The van der Waals surface area contributed by atoms with Gasteiger partial charge in [0.2, 0.25) is 5.91 Å². The minimum absolute atomic E-state index is 0.0361. The van der Waals surface area contributed by atoms with Crippen molar-refractivity contribution in [1.82, 2.24) is 4.98 Å². The van der Waals surface area contributed by atoms with E-state index in [2.05, 4.69) is 147 Å². The van der Waals surface area contributed by atoms with Gasteiger partial charge in [-0.15, -0.1) is 0 Å². The number of aryl methyl sites for hydroxylation is 2. The number of hydrogen-bond donors (Lipinski definition) is 1. The van der Waals surface area contributed by atoms with E-state index in [1.807, 2.05) is 117 Å². The number of primary amides is 1. The summed E-state index contributed by atoms with van der Waals surface area (Å²) in [5.74, 6) is -3.11. The van der Waals surface area contributed by atoms with Gasteiger partial charge in [0.15, 0.2) is 0 Å². The van der Waals surface area contributed by atoms with Gasteiger partial charge in [0.05, 0.1) is 11.1 Å². The summed E-state index contributed by atoms with van der Waals surface area (Å²) in [5, 5.41) is 3.25. The standard InChI is InChI=1S/C12H18.C11H12ClF3.C11H13F3.C11H15NO.2C10H12Cl2.3C10H12F2.C9H13N/c1-9-6-10(2)8-11(7-9)12(3,4)5;1-10(2,3)9-6-7(12)4-5-8(9)11(13,14)15;1-10(2,3)8-6-4-5-7-9(8)11(12,13)14;1-11(2,3)9-7-5-4-6-8(9)10(12)13;1-10(2,3)7-4-8(11)6-9(12)5-7;1-10(2,3)8-6-7(11)4-5-9(8)12;1-10(2,3)7-4-8(11)6-9(12)5-7;1-10(2,3)8-6-7(11)4-5-9(8)12;1-10(2,3)8-5-4-7(11)6-9(8)12;1-9(2,3)8-5-4-6-10-7-8/h6-8H,1-5H3;4-6H,1-3H3;4-7H,1-3H3;4-7H,1-3H3,(H2,12,13);5*4-6H,1-3H3;4-7H,1-3H3. The van der Waals surface area contributed by atoms with Crippen molar-refractivity contribution in [2.75, 3.05) is 0 Å². The number of pyridine rings is 1. The second kappa shape index (κ2) is 46.8. The fraction of sp³-hybridized carbons (Fsp3) is 0.423. The van der Waals surface area contributed by atoms with Crippen molar-refractivity contribution in [3.05, 3.63) is 344 Å². The van der Waals surface area contributed by atoms with Crippen LogP contribution in [0.1, 0.15) is 296 Å². The van der Waals surface area contributed by atoms with Gasteiger partial charge >= 0.3 is 12.4 Å². The van der Waals surface area contributed by atoms with Crippen LogP contribution in [0.5, 0.6) is 0 Å². The van der Waals surface area contributed by atoms with Crippen molar-refractivity contribution < 1.29 is 57.5 Å². The summed E-state index contributed by atoms with van der Waals surface area (Å²) in [5.41, 5.74) is 14.4. The molecule has 0 atom stereocenters. The Morgan fingerprint density at radius 3 is 0.976 bits per heavy atom. The molecule has 9 aromatic carbocycles. The zero-order valence-corrected chi connectivity index (χ0v) is 82.2. The van der Waals surface area contributed by atoms with Gasteiger partial charge in [0.1, 0.15) is 34.9 Å². The molecule has 10 rings (SSSR count). The van der Waals surface area contributed by atoms with E-state index in [-0.39, 0.29) is 66.4 Å². The van der Waals surface area contributed by atoms with E-state index in [1.54, 1.807) is 72.0 Å². The highest BCUT2D eigenvalue weighted by molar-refractivity contribution is 6.35. The molecule has 124 heavy (non-hydrogen) atoms. The van der Waals surface area contributed by atoms with Gasteiger partial charge in [-0.1, -0.05) is 344 Å². The van der Waals surface area contributed by atoms with E-state index in [4.69, 9.17) is 63.7 Å². The molecule has 3 nitrogen and oxygen atoms in total. The third-order valence-corrected chi connectivity index (χ3v) is 19.7. The molecular weight excluding hydrogens is 1700 g/mol. The van der Waals surface area contributed by atoms with Crippen LogP contribution in [0.2, 0.25) is 25.1 Å². The average molecular weight is 1830 g/mol. The number of halogens is 17. The fourth-order valence-electron chi connectivity index (χ4n) is 11.6. The molecule has 0 aliphatic heterocycles. The largest absolute Gasteiger partial charge is 0.416 e. The minimum Gasteiger partial charge on any atom is -0.366 e. The lowest BCUT2D eigenvalue weighted by atomic mass is 9.83. The predicted molar refractivity (Wildman–Crippen MR) is 502 cm³/mol. The summed E-state index contributed by atoms with van der Waals surface area (Å²) in [6.07, 6.45) is -4.87. The Morgan fingerprint density at radius 2 is 0.629 bits per heavy atom. The molecule has 0 unspecified atom stereocenters. The van der Waals surface area contributed by atoms with Gasteiger partial charge in [-0.3, -0.25) is 9.78 Å². The first-order chi connectivity index (χ1) is 55.8. The molecule has 2 N–H and O–H groups in total. The number of benzene rings is 9. The summed E-state index contributed by atoms with van der Waals surface area (Å²) >= 11 is 29.3. The molecule has 682 valence electrons. The molecule has 20 heteroatoms. The maximum absolute atomic E-state index is 13.1. The molecule has 1 amide bonds. The molecule has 0 radical (unpaired) electrons. The first-order valence-electron chi connectivity index (χ1n) is 40.5. The van der Waals surface area contributed by atoms with Gasteiger partial charge in [0.25, 0.3) is 0 Å². The topological polar surface area (TPSA) is 56.0 Å². The Labute approximate surface area is 759 Å². The maximum Gasteiger partial charge on any atom is 0.416 e. The molecule has 0 bridgehead atoms. The summed E-state index contributed by atoms with van der Waals surface area (Å²) < 4.78 is 153. The Kier molecular flexibility index (Phi) is 43.1. The van der Waals surface area contributed by atoms with Crippen LogP contribution in [-0.4, -0.2) is 10.9 Å². The van der Waals surface area contributed by atoms with Crippen molar-refractivity contribution >= 4 is 63.9 Å². The SMILES string of the molecule is CC(C)(C)c1cc(Cl)cc(Cl)c1.CC(C)(C)c1cc(Cl)ccc1C(F)(F)F.CC(C)(C)c1cc(Cl)ccc1Cl.CC(C)(C)c1cc(F)cc(F)c1.CC(C)(C)c1cc(F)ccc1F.CC(C)(C)c1ccc(F)cc1F.CC(C)(C)c1ccccc1C(F)(F)F.CC(C)(C)c1ccccc1C(N)=O.CC(C)(C)c1cccnc1.Cc1cc(C)cc(C(C)(C)C)c1. The summed E-state index contributed by atoms with van der Waals surface area (Å²) in [4.78, 5) is 15.1. The zero-order chi connectivity index (χ0) is 96.6. The monoisotopic (exact) mass is 1830 g/mol. The number of aromatic nitrogens is 1. The summed E-state index contributed by atoms with van der Waals surface area (Å²) in [7, 11) is 0. The van der Waals surface area contributed by atoms with Gasteiger partial charge in [-0.25, -0.2) is 26.3 Å². The quantitative estimate of drug-likeness (QED) is 0.167. The highest BCUT2D eigenvalue weighted by Crippen LogP contribution is 2.41. The number of nitrogens with two attached hydrogens (primary N) is 1. The van der Waals surface area contributed by atoms with Gasteiger partial charge in [-0.2, -0.15) is 26.3 Å². The number of alkyl halides is 6. The predicted octanol–water partition coefficient (Wildman–Crippen LogP) is 35.1. The van der Waals surface area contributed by atoms with E-state index < -0.39 is 57.6 Å². The van der Waals surface area contributed by atoms with E-state index >= 15 is 0 Å². The Balaban J connectivity index is 0.000000690. The van der Waals surface area contributed by atoms with Gasteiger partial charge < -0.3 is 5.73 Å². The number of carbonyl (C=O) groups excluding carboxylic acids is 1. The zero-order valence-electron chi connectivity index (χ0n) is 78.4. The highest BCUT2D eigenvalue weighted by Gasteiger charge is 2.38. The lowest BCUT2D eigenvalue weighted by Gasteiger charge is -2.24. The lowest BCUT2D eigenvalue weighted by molar-refractivity contribution is -0.139. The summed E-state index contributed by atoms with van der Waals surface area (Å²) in [6, 6.07) is 49.7. The first-order valence-corrected chi connectivity index (χ1v) is 42.4. The third kappa shape index (κ3) is 42.2. The van der Waals surface area contributed by atoms with Crippen LogP contribution < -0.4 is 5.73 Å². The van der Waals surface area contributed by atoms with Crippen molar-refractivity contribution in [2.24, 2.45) is 5.73 Å². The Hall–Kier alpha value is -7.79. The summed E-state index contributed by atoms with van der Waals surface area (Å²) in [6.45, 7) is 64.1. The highest BCUT2D eigenvalue weighted by atomic mass is 35.5. The number of hydrogen-bond acceptors (Lipinski definition) is 2. The number of rotatable bonds is 1. The minimum atomic E-state index is -4.33. The van der Waals surface area contributed by atoms with E-state index in [0.29, 0.717) is 42.9 Å². The van der Waals surface area contributed by atoms with Gasteiger partial charge in [0, 0.05) is 55.2 Å². The molecule has 10 aromatic rings. The van der Waals surface area contributed by atoms with Gasteiger partial charge in [-0.05, 0) is 233 Å². The van der Waals surface area contributed by atoms with E-state index in [1.165, 1.54) is 82.4 Å². The molecule has 0 aliphatic carbocycles. The third-order valence-electron chi connectivity index (χ3n) is 18.4. The molecule has 0 saturated heterocycles. The number of nitrogens with zero attached hydrogens (tertiary/aromatic N) is 1. The van der Waals surface area contributed by atoms with Crippen LogP contribution >= 0.6 is 58.0 Å². The Bertz CT molecular complexity index is 4700. The van der Waals surface area contributed by atoms with Crippen LogP contribution in [0.15, 0.2) is 200 Å². The van der Waals surface area contributed by atoms with E-state index in [0.717, 1.165) is 57.6 Å². The molecule has 0 spiro atoms. The fourth-order valence-corrected chi connectivity index (χ4v) is 12.8. The molecule has 1 aromatic heterocycles. The molecule has 0 saturated carbocycles. The van der Waals surface area contributed by atoms with Crippen LogP contribution in [0.3, 0.4) is 0 Å². The second-order valence-corrected chi connectivity index (χ2v) is 42.6.